The van der Waals surface area contributed by atoms with Gasteiger partial charge in [-0.3, -0.25) is 0 Å². The number of rotatable bonds is 2. The minimum Gasteiger partial charge on any atom is -0.435 e. The number of hydrogen-bond acceptors (Lipinski definition) is 2. The molecule has 0 unspecified atom stereocenters. The van der Waals surface area contributed by atoms with Gasteiger partial charge in [0.2, 0.25) is 5.89 Å². The molecule has 5 rings (SSSR count). The van der Waals surface area contributed by atoms with Crippen molar-refractivity contribution in [2.24, 2.45) is 0 Å². The first-order valence-electron chi connectivity index (χ1n) is 8.43. The van der Waals surface area contributed by atoms with E-state index in [4.69, 9.17) is 16.0 Å². The van der Waals surface area contributed by atoms with Gasteiger partial charge in [-0.05, 0) is 34.7 Å². The average Bonchev–Trinajstić information content (AvgIpc) is 3.15. The van der Waals surface area contributed by atoms with Crippen LogP contribution in [0.3, 0.4) is 0 Å². The Morgan fingerprint density at radius 1 is 0.692 bits per heavy atom. The number of halogens is 1. The number of fused-ring (bicyclic) bond motifs is 3. The summed E-state index contributed by atoms with van der Waals surface area (Å²) in [5, 5.41) is 2.67. The summed E-state index contributed by atoms with van der Waals surface area (Å²) < 4.78 is 6.10. The van der Waals surface area contributed by atoms with Crippen molar-refractivity contribution in [3.05, 3.63) is 90.0 Å². The van der Waals surface area contributed by atoms with Crippen LogP contribution in [0.5, 0.6) is 0 Å². The van der Waals surface area contributed by atoms with Crippen LogP contribution >= 0.6 is 11.6 Å². The van der Waals surface area contributed by atoms with Gasteiger partial charge >= 0.3 is 0 Å². The minimum atomic E-state index is 0.581. The zero-order valence-corrected chi connectivity index (χ0v) is 14.6. The van der Waals surface area contributed by atoms with Crippen LogP contribution in [0.2, 0.25) is 5.02 Å². The van der Waals surface area contributed by atoms with Crippen LogP contribution in [-0.2, 0) is 0 Å². The van der Waals surface area contributed by atoms with Crippen LogP contribution in [0, 0.1) is 0 Å². The summed E-state index contributed by atoms with van der Waals surface area (Å²) in [6, 6.07) is 28.5. The molecule has 0 amide bonds. The second-order valence-corrected chi connectivity index (χ2v) is 6.63. The zero-order chi connectivity index (χ0) is 17.5. The van der Waals surface area contributed by atoms with Gasteiger partial charge in [0.15, 0.2) is 5.58 Å². The molecule has 0 aliphatic rings. The van der Waals surface area contributed by atoms with E-state index in [0.29, 0.717) is 16.4 Å². The normalized spacial score (nSPS) is 11.3. The SMILES string of the molecule is Clc1cc2ccccc2c2oc(-c3ccc(-c4ccccc4)cc3)nc12. The largest absolute Gasteiger partial charge is 0.435 e. The highest BCUT2D eigenvalue weighted by Crippen LogP contribution is 2.35. The van der Waals surface area contributed by atoms with Crippen LogP contribution in [-0.4, -0.2) is 4.98 Å². The Morgan fingerprint density at radius 3 is 2.15 bits per heavy atom. The fourth-order valence-electron chi connectivity index (χ4n) is 3.26. The molecule has 3 heteroatoms. The third-order valence-corrected chi connectivity index (χ3v) is 4.87. The van der Waals surface area contributed by atoms with Crippen molar-refractivity contribution in [3.63, 3.8) is 0 Å². The van der Waals surface area contributed by atoms with Gasteiger partial charge in [-0.15, -0.1) is 0 Å². The van der Waals surface area contributed by atoms with E-state index >= 15 is 0 Å². The lowest BCUT2D eigenvalue weighted by atomic mass is 10.0. The lowest BCUT2D eigenvalue weighted by Crippen LogP contribution is -1.80. The van der Waals surface area contributed by atoms with E-state index in [1.165, 1.54) is 5.56 Å². The molecule has 26 heavy (non-hydrogen) atoms. The highest BCUT2D eigenvalue weighted by Gasteiger charge is 2.14. The van der Waals surface area contributed by atoms with Gasteiger partial charge in [0.1, 0.15) is 5.52 Å². The minimum absolute atomic E-state index is 0.581. The van der Waals surface area contributed by atoms with E-state index in [9.17, 15) is 0 Å². The summed E-state index contributed by atoms with van der Waals surface area (Å²) in [7, 11) is 0. The zero-order valence-electron chi connectivity index (χ0n) is 13.8. The van der Waals surface area contributed by atoms with Crippen LogP contribution in [0.1, 0.15) is 0 Å². The van der Waals surface area contributed by atoms with Crippen molar-refractivity contribution in [2.45, 2.75) is 0 Å². The maximum absolute atomic E-state index is 6.42. The van der Waals surface area contributed by atoms with E-state index in [-0.39, 0.29) is 0 Å². The maximum Gasteiger partial charge on any atom is 0.227 e. The number of benzene rings is 4. The smallest absolute Gasteiger partial charge is 0.227 e. The first-order chi connectivity index (χ1) is 12.8. The Balaban J connectivity index is 1.63. The van der Waals surface area contributed by atoms with Gasteiger partial charge in [0.05, 0.1) is 5.02 Å². The Bertz CT molecular complexity index is 1220. The number of hydrogen-bond donors (Lipinski definition) is 0. The van der Waals surface area contributed by atoms with Crippen molar-refractivity contribution in [2.75, 3.05) is 0 Å². The quantitative estimate of drug-likeness (QED) is 0.342. The first-order valence-corrected chi connectivity index (χ1v) is 8.81. The predicted octanol–water partition coefficient (Wildman–Crippen LogP) is 6.97. The molecule has 0 fully saturated rings. The van der Waals surface area contributed by atoms with Gasteiger partial charge in [0, 0.05) is 10.9 Å². The Kier molecular flexibility index (Phi) is 3.51. The molecule has 0 aliphatic carbocycles. The van der Waals surface area contributed by atoms with Crippen LogP contribution < -0.4 is 0 Å². The molecule has 5 aromatic rings. The summed E-state index contributed by atoms with van der Waals surface area (Å²) in [5.41, 5.74) is 4.71. The van der Waals surface area contributed by atoms with Crippen LogP contribution in [0.4, 0.5) is 0 Å². The standard InChI is InChI=1S/C23H14ClNO/c24-20-14-18-8-4-5-9-19(18)22-21(20)25-23(26-22)17-12-10-16(11-13-17)15-6-2-1-3-7-15/h1-14H. The predicted molar refractivity (Wildman–Crippen MR) is 107 cm³/mol. The Labute approximate surface area is 155 Å². The summed E-state index contributed by atoms with van der Waals surface area (Å²) in [5.74, 6) is 0.581. The molecule has 4 aromatic carbocycles. The first kappa shape index (κ1) is 15.2. The fourth-order valence-corrected chi connectivity index (χ4v) is 3.50. The molecular weight excluding hydrogens is 342 g/mol. The lowest BCUT2D eigenvalue weighted by molar-refractivity contribution is 0.623. The molecule has 0 aliphatic heterocycles. The van der Waals surface area contributed by atoms with Crippen molar-refractivity contribution in [1.29, 1.82) is 0 Å². The van der Waals surface area contributed by atoms with Crippen molar-refractivity contribution >= 4 is 33.5 Å². The molecule has 0 spiro atoms. The molecule has 0 radical (unpaired) electrons. The monoisotopic (exact) mass is 355 g/mol. The van der Waals surface area contributed by atoms with Crippen LogP contribution in [0.15, 0.2) is 89.3 Å². The van der Waals surface area contributed by atoms with Crippen LogP contribution in [0.25, 0.3) is 44.5 Å². The second kappa shape index (κ2) is 6.01. The third-order valence-electron chi connectivity index (χ3n) is 4.58. The summed E-state index contributed by atoms with van der Waals surface area (Å²) in [4.78, 5) is 4.64. The molecular formula is C23H14ClNO. The summed E-state index contributed by atoms with van der Waals surface area (Å²) >= 11 is 6.42. The van der Waals surface area contributed by atoms with Crippen molar-refractivity contribution in [3.8, 4) is 22.6 Å². The Morgan fingerprint density at radius 2 is 1.35 bits per heavy atom. The van der Waals surface area contributed by atoms with E-state index in [2.05, 4.69) is 29.2 Å². The Hall–Kier alpha value is -3.10. The van der Waals surface area contributed by atoms with E-state index in [1.807, 2.05) is 60.7 Å². The molecule has 0 atom stereocenters. The number of nitrogens with zero attached hydrogens (tertiary/aromatic N) is 1. The van der Waals surface area contributed by atoms with E-state index < -0.39 is 0 Å². The molecule has 0 saturated carbocycles. The highest BCUT2D eigenvalue weighted by atomic mass is 35.5. The number of aromatic nitrogens is 1. The number of oxazole rings is 1. The molecule has 1 aromatic heterocycles. The van der Waals surface area contributed by atoms with Gasteiger partial charge in [-0.25, -0.2) is 4.98 Å². The lowest BCUT2D eigenvalue weighted by Gasteiger charge is -2.02. The third kappa shape index (κ3) is 2.47. The topological polar surface area (TPSA) is 26.0 Å². The molecule has 124 valence electrons. The van der Waals surface area contributed by atoms with Gasteiger partial charge in [-0.1, -0.05) is 78.3 Å². The summed E-state index contributed by atoms with van der Waals surface area (Å²) in [6.07, 6.45) is 0. The molecule has 1 heterocycles. The van der Waals surface area contributed by atoms with E-state index in [0.717, 1.165) is 27.5 Å². The fraction of sp³-hybridized carbons (Fsp3) is 0. The molecule has 0 bridgehead atoms. The molecule has 2 nitrogen and oxygen atoms in total. The van der Waals surface area contributed by atoms with Crippen molar-refractivity contribution < 1.29 is 4.42 Å². The maximum atomic E-state index is 6.42. The van der Waals surface area contributed by atoms with Gasteiger partial charge < -0.3 is 4.42 Å². The molecule has 0 N–H and O–H groups in total. The average molecular weight is 356 g/mol. The summed E-state index contributed by atoms with van der Waals surface area (Å²) in [6.45, 7) is 0. The van der Waals surface area contributed by atoms with Crippen molar-refractivity contribution in [1.82, 2.24) is 4.98 Å². The van der Waals surface area contributed by atoms with Gasteiger partial charge in [0.25, 0.3) is 0 Å². The van der Waals surface area contributed by atoms with E-state index in [1.54, 1.807) is 0 Å². The highest BCUT2D eigenvalue weighted by molar-refractivity contribution is 6.36. The second-order valence-electron chi connectivity index (χ2n) is 6.22. The van der Waals surface area contributed by atoms with Gasteiger partial charge in [-0.2, -0.15) is 0 Å². The molecule has 0 saturated heterocycles.